The molecule has 0 aliphatic heterocycles. The Bertz CT molecular complexity index is 804. The van der Waals surface area contributed by atoms with Crippen molar-refractivity contribution in [2.45, 2.75) is 57.9 Å². The molecule has 1 aromatic carbocycles. The first-order valence-electron chi connectivity index (χ1n) is 9.75. The topological polar surface area (TPSA) is 71.5 Å². The summed E-state index contributed by atoms with van der Waals surface area (Å²) in [6.45, 7) is 4.37. The van der Waals surface area contributed by atoms with Gasteiger partial charge in [-0.3, -0.25) is 9.78 Å². The summed E-state index contributed by atoms with van der Waals surface area (Å²) in [5, 5.41) is 12.6. The number of halogens is 3. The van der Waals surface area contributed by atoms with Crippen molar-refractivity contribution in [3.8, 4) is 5.75 Å². The van der Waals surface area contributed by atoms with E-state index in [4.69, 9.17) is 0 Å². The van der Waals surface area contributed by atoms with Gasteiger partial charge in [-0.2, -0.15) is 13.2 Å². The van der Waals surface area contributed by atoms with Crippen molar-refractivity contribution in [1.82, 2.24) is 10.3 Å². The highest BCUT2D eigenvalue weighted by Crippen LogP contribution is 2.22. The molecule has 5 nitrogen and oxygen atoms in total. The molecule has 164 valence electrons. The van der Waals surface area contributed by atoms with Gasteiger partial charge in [-0.05, 0) is 42.5 Å². The van der Waals surface area contributed by atoms with Crippen LogP contribution in [0.15, 0.2) is 42.6 Å². The molecule has 0 radical (unpaired) electrons. The van der Waals surface area contributed by atoms with Crippen LogP contribution in [-0.2, 0) is 11.2 Å². The third-order valence-corrected chi connectivity index (χ3v) is 4.44. The van der Waals surface area contributed by atoms with Gasteiger partial charge in [0.25, 0.3) is 0 Å². The van der Waals surface area contributed by atoms with Crippen molar-refractivity contribution in [2.75, 3.05) is 6.61 Å². The summed E-state index contributed by atoms with van der Waals surface area (Å²) < 4.78 is 41.4. The SMILES string of the molecule is CC(O)CC(NC(=O)Cc1ccc(C(C)C)cc1)c1ccc(OCC(F)(F)F)cn1. The quantitative estimate of drug-likeness (QED) is 0.629. The van der Waals surface area contributed by atoms with E-state index in [0.29, 0.717) is 11.6 Å². The minimum Gasteiger partial charge on any atom is -0.483 e. The summed E-state index contributed by atoms with van der Waals surface area (Å²) in [6, 6.07) is 10.1. The van der Waals surface area contributed by atoms with E-state index in [1.54, 1.807) is 6.92 Å². The smallest absolute Gasteiger partial charge is 0.422 e. The highest BCUT2D eigenvalue weighted by atomic mass is 19.4. The van der Waals surface area contributed by atoms with Crippen LogP contribution in [0.3, 0.4) is 0 Å². The van der Waals surface area contributed by atoms with Crippen LogP contribution in [0.4, 0.5) is 13.2 Å². The van der Waals surface area contributed by atoms with Crippen LogP contribution in [0, 0.1) is 0 Å². The van der Waals surface area contributed by atoms with E-state index in [0.717, 1.165) is 5.56 Å². The van der Waals surface area contributed by atoms with Gasteiger partial charge in [0.2, 0.25) is 5.91 Å². The summed E-state index contributed by atoms with van der Waals surface area (Å²) >= 11 is 0. The van der Waals surface area contributed by atoms with E-state index in [9.17, 15) is 23.1 Å². The van der Waals surface area contributed by atoms with Gasteiger partial charge in [0.15, 0.2) is 6.61 Å². The normalized spacial score (nSPS) is 13.7. The molecule has 0 aliphatic carbocycles. The maximum atomic E-state index is 12.5. The fourth-order valence-corrected chi connectivity index (χ4v) is 2.89. The molecule has 0 spiro atoms. The van der Waals surface area contributed by atoms with E-state index < -0.39 is 24.9 Å². The molecule has 30 heavy (non-hydrogen) atoms. The lowest BCUT2D eigenvalue weighted by molar-refractivity contribution is -0.153. The van der Waals surface area contributed by atoms with E-state index in [1.165, 1.54) is 23.9 Å². The van der Waals surface area contributed by atoms with Crippen molar-refractivity contribution in [3.05, 3.63) is 59.4 Å². The molecule has 0 saturated heterocycles. The van der Waals surface area contributed by atoms with Crippen molar-refractivity contribution < 1.29 is 27.8 Å². The maximum absolute atomic E-state index is 12.5. The summed E-state index contributed by atoms with van der Waals surface area (Å²) in [7, 11) is 0. The molecular weight excluding hydrogens is 397 g/mol. The van der Waals surface area contributed by atoms with Crippen LogP contribution in [-0.4, -0.2) is 34.9 Å². The summed E-state index contributed by atoms with van der Waals surface area (Å²) in [5.41, 5.74) is 2.47. The van der Waals surface area contributed by atoms with E-state index in [1.807, 2.05) is 24.3 Å². The fourth-order valence-electron chi connectivity index (χ4n) is 2.89. The van der Waals surface area contributed by atoms with Gasteiger partial charge in [-0.1, -0.05) is 38.1 Å². The molecule has 1 heterocycles. The van der Waals surface area contributed by atoms with Crippen molar-refractivity contribution in [3.63, 3.8) is 0 Å². The molecule has 0 bridgehead atoms. The van der Waals surface area contributed by atoms with E-state index >= 15 is 0 Å². The third-order valence-electron chi connectivity index (χ3n) is 4.44. The number of aliphatic hydroxyl groups is 1. The first-order chi connectivity index (χ1) is 14.0. The standard InChI is InChI=1S/C22H27F3N2O3/c1-14(2)17-6-4-16(5-7-17)11-21(29)27-20(10-15(3)28)19-9-8-18(12-26-19)30-13-22(23,24)25/h4-9,12,14-15,20,28H,10-11,13H2,1-3H3,(H,27,29). The molecular formula is C22H27F3N2O3. The Morgan fingerprint density at radius 2 is 1.80 bits per heavy atom. The summed E-state index contributed by atoms with van der Waals surface area (Å²) in [5.74, 6) is 0.137. The molecule has 2 unspecified atom stereocenters. The molecule has 0 fully saturated rings. The highest BCUT2D eigenvalue weighted by molar-refractivity contribution is 5.79. The molecule has 8 heteroatoms. The third kappa shape index (κ3) is 8.02. The van der Waals surface area contributed by atoms with Gasteiger partial charge < -0.3 is 15.2 Å². The maximum Gasteiger partial charge on any atom is 0.422 e. The lowest BCUT2D eigenvalue weighted by atomic mass is 10.0. The van der Waals surface area contributed by atoms with Gasteiger partial charge in [0.1, 0.15) is 5.75 Å². The lowest BCUT2D eigenvalue weighted by Gasteiger charge is -2.20. The average molecular weight is 424 g/mol. The molecule has 2 N–H and O–H groups in total. The number of carbonyl (C=O) groups excluding carboxylic acids is 1. The zero-order valence-electron chi connectivity index (χ0n) is 17.2. The second-order valence-electron chi connectivity index (χ2n) is 7.60. The average Bonchev–Trinajstić information content (AvgIpc) is 2.65. The number of benzene rings is 1. The molecule has 0 aliphatic rings. The molecule has 1 aromatic heterocycles. The summed E-state index contributed by atoms with van der Waals surface area (Å²) in [4.78, 5) is 16.6. The van der Waals surface area contributed by atoms with Crippen LogP contribution < -0.4 is 10.1 Å². The molecule has 0 saturated carbocycles. The van der Waals surface area contributed by atoms with Gasteiger partial charge in [0.05, 0.1) is 30.5 Å². The predicted molar refractivity (Wildman–Crippen MR) is 107 cm³/mol. The number of carbonyl (C=O) groups is 1. The number of hydrogen-bond acceptors (Lipinski definition) is 4. The minimum atomic E-state index is -4.44. The van der Waals surface area contributed by atoms with E-state index in [-0.39, 0.29) is 24.5 Å². The van der Waals surface area contributed by atoms with Crippen LogP contribution in [0.25, 0.3) is 0 Å². The van der Waals surface area contributed by atoms with Gasteiger partial charge >= 0.3 is 6.18 Å². The van der Waals surface area contributed by atoms with Crippen LogP contribution in [0.5, 0.6) is 5.75 Å². The predicted octanol–water partition coefficient (Wildman–Crippen LogP) is 4.32. The van der Waals surface area contributed by atoms with E-state index in [2.05, 4.69) is 28.9 Å². The number of nitrogens with zero attached hydrogens (tertiary/aromatic N) is 1. The number of nitrogens with one attached hydrogen (secondary N) is 1. The Morgan fingerprint density at radius 3 is 2.30 bits per heavy atom. The Kier molecular flexibility index (Phi) is 8.23. The van der Waals surface area contributed by atoms with Crippen molar-refractivity contribution >= 4 is 5.91 Å². The van der Waals surface area contributed by atoms with Crippen molar-refractivity contribution in [2.24, 2.45) is 0 Å². The van der Waals surface area contributed by atoms with Crippen molar-refractivity contribution in [1.29, 1.82) is 0 Å². The van der Waals surface area contributed by atoms with Gasteiger partial charge in [0, 0.05) is 0 Å². The number of amides is 1. The number of aromatic nitrogens is 1. The number of hydrogen-bond donors (Lipinski definition) is 2. The molecule has 2 aromatic rings. The number of aliphatic hydroxyl groups excluding tert-OH is 1. The zero-order valence-corrected chi connectivity index (χ0v) is 17.2. The minimum absolute atomic E-state index is 0.0246. The second kappa shape index (κ2) is 10.4. The molecule has 1 amide bonds. The number of ether oxygens (including phenoxy) is 1. The van der Waals surface area contributed by atoms with Crippen LogP contribution >= 0.6 is 0 Å². The Morgan fingerprint density at radius 1 is 1.13 bits per heavy atom. The largest absolute Gasteiger partial charge is 0.483 e. The first kappa shape index (κ1) is 23.7. The Labute approximate surface area is 174 Å². The van der Waals surface area contributed by atoms with Crippen LogP contribution in [0.1, 0.15) is 56.0 Å². The van der Waals surface area contributed by atoms with Gasteiger partial charge in [-0.15, -0.1) is 0 Å². The number of pyridine rings is 1. The first-order valence-corrected chi connectivity index (χ1v) is 9.75. The Balaban J connectivity index is 2.03. The molecule has 2 atom stereocenters. The lowest BCUT2D eigenvalue weighted by Crippen LogP contribution is -2.32. The highest BCUT2D eigenvalue weighted by Gasteiger charge is 2.28. The zero-order chi connectivity index (χ0) is 22.3. The molecule has 2 rings (SSSR count). The van der Waals surface area contributed by atoms with Crippen LogP contribution in [0.2, 0.25) is 0 Å². The summed E-state index contributed by atoms with van der Waals surface area (Å²) in [6.07, 6.45) is -3.58. The Hall–Kier alpha value is -2.61. The monoisotopic (exact) mass is 424 g/mol. The number of rotatable bonds is 9. The number of alkyl halides is 3. The fraction of sp³-hybridized carbons (Fsp3) is 0.455. The van der Waals surface area contributed by atoms with Gasteiger partial charge in [-0.25, -0.2) is 0 Å². The second-order valence-corrected chi connectivity index (χ2v) is 7.60.